The van der Waals surface area contributed by atoms with Crippen molar-refractivity contribution in [2.24, 2.45) is 0 Å². The number of ether oxygens (including phenoxy) is 1. The molecule has 3 nitrogen and oxygen atoms in total. The first-order valence-corrected chi connectivity index (χ1v) is 5.31. The number of methoxy groups -OCH3 is 1. The van der Waals surface area contributed by atoms with Crippen LogP contribution in [0.15, 0.2) is 24.3 Å². The molecule has 0 atom stereocenters. The Morgan fingerprint density at radius 2 is 1.74 bits per heavy atom. The van der Waals surface area contributed by atoms with Gasteiger partial charge in [0.05, 0.1) is 12.8 Å². The molecule has 1 heterocycles. The Hall–Kier alpha value is -2.05. The van der Waals surface area contributed by atoms with Crippen LogP contribution in [0.25, 0.3) is 5.69 Å². The summed E-state index contributed by atoms with van der Waals surface area (Å²) in [6.45, 7) is 1.81. The molecule has 1 aromatic carbocycles. The van der Waals surface area contributed by atoms with Gasteiger partial charge in [-0.1, -0.05) is 17.7 Å². The van der Waals surface area contributed by atoms with Crippen LogP contribution in [0, 0.1) is 12.9 Å². The zero-order valence-corrected chi connectivity index (χ0v) is 10.1. The van der Waals surface area contributed by atoms with Crippen LogP contribution < -0.4 is 4.74 Å². The highest BCUT2D eigenvalue weighted by atomic mass is 19.4. The first-order valence-electron chi connectivity index (χ1n) is 5.31. The summed E-state index contributed by atoms with van der Waals surface area (Å²) in [5.74, 6) is -2.28. The van der Waals surface area contributed by atoms with Gasteiger partial charge in [-0.05, 0) is 19.1 Å². The molecule has 0 amide bonds. The number of halogens is 4. The number of alkyl halides is 3. The third kappa shape index (κ3) is 2.40. The van der Waals surface area contributed by atoms with E-state index >= 15 is 0 Å². The topological polar surface area (TPSA) is 27.1 Å². The molecule has 0 aliphatic carbocycles. The molecule has 0 N–H and O–H groups in total. The Kier molecular flexibility index (Phi) is 3.21. The zero-order valence-electron chi connectivity index (χ0n) is 10.1. The zero-order chi connectivity index (χ0) is 14.2. The smallest absolute Gasteiger partial charge is 0.426 e. The summed E-state index contributed by atoms with van der Waals surface area (Å²) in [5.41, 5.74) is -0.410. The van der Waals surface area contributed by atoms with E-state index in [1.807, 2.05) is 6.92 Å². The van der Waals surface area contributed by atoms with Gasteiger partial charge in [-0.25, -0.2) is 4.68 Å². The molecule has 0 fully saturated rings. The van der Waals surface area contributed by atoms with E-state index in [4.69, 9.17) is 0 Å². The summed E-state index contributed by atoms with van der Waals surface area (Å²) in [6, 6.07) is 6.25. The second-order valence-electron chi connectivity index (χ2n) is 3.92. The monoisotopic (exact) mass is 274 g/mol. The molecule has 0 aliphatic heterocycles. The van der Waals surface area contributed by atoms with Crippen LogP contribution in [0.3, 0.4) is 0 Å². The first kappa shape index (κ1) is 13.4. The van der Waals surface area contributed by atoms with E-state index in [9.17, 15) is 17.6 Å². The number of hydrogen-bond acceptors (Lipinski definition) is 2. The molecule has 0 radical (unpaired) electrons. The van der Waals surface area contributed by atoms with Crippen LogP contribution in [0.4, 0.5) is 17.6 Å². The molecular formula is C12H10F4N2O. The average Bonchev–Trinajstić information content (AvgIpc) is 2.67. The lowest BCUT2D eigenvalue weighted by atomic mass is 10.2. The van der Waals surface area contributed by atoms with Crippen molar-refractivity contribution in [3.05, 3.63) is 41.3 Å². The van der Waals surface area contributed by atoms with E-state index in [1.54, 1.807) is 12.1 Å². The maximum Gasteiger partial charge on any atom is 0.426 e. The van der Waals surface area contributed by atoms with Crippen molar-refractivity contribution in [2.75, 3.05) is 7.11 Å². The Morgan fingerprint density at radius 1 is 1.16 bits per heavy atom. The van der Waals surface area contributed by atoms with E-state index in [-0.39, 0.29) is 5.69 Å². The van der Waals surface area contributed by atoms with Crippen molar-refractivity contribution in [3.8, 4) is 11.6 Å². The number of hydrogen-bond donors (Lipinski definition) is 0. The van der Waals surface area contributed by atoms with Crippen molar-refractivity contribution in [1.82, 2.24) is 9.78 Å². The summed E-state index contributed by atoms with van der Waals surface area (Å²) >= 11 is 0. The lowest BCUT2D eigenvalue weighted by molar-refractivity contribution is -0.141. The van der Waals surface area contributed by atoms with Crippen molar-refractivity contribution in [3.63, 3.8) is 0 Å². The fourth-order valence-electron chi connectivity index (χ4n) is 1.62. The van der Waals surface area contributed by atoms with Crippen molar-refractivity contribution in [1.29, 1.82) is 0 Å². The molecule has 7 heteroatoms. The first-order chi connectivity index (χ1) is 8.84. The number of benzene rings is 1. The molecule has 0 saturated carbocycles. The SMILES string of the molecule is COc1nn(-c2ccc(C)cc2)c(F)c1C(F)(F)F. The highest BCUT2D eigenvalue weighted by molar-refractivity contribution is 5.38. The number of aromatic nitrogens is 2. The van der Waals surface area contributed by atoms with E-state index < -0.39 is 23.6 Å². The summed E-state index contributed by atoms with van der Waals surface area (Å²) in [6.07, 6.45) is -4.86. The Bertz CT molecular complexity index is 587. The predicted octanol–water partition coefficient (Wildman–Crippen LogP) is 3.35. The summed E-state index contributed by atoms with van der Waals surface area (Å²) in [4.78, 5) is 0. The molecule has 102 valence electrons. The van der Waals surface area contributed by atoms with Crippen molar-refractivity contribution in [2.45, 2.75) is 13.1 Å². The molecule has 2 rings (SSSR count). The third-order valence-electron chi connectivity index (χ3n) is 2.55. The lowest BCUT2D eigenvalue weighted by Crippen LogP contribution is -2.09. The fourth-order valence-corrected chi connectivity index (χ4v) is 1.62. The van der Waals surface area contributed by atoms with Crippen LogP contribution in [-0.4, -0.2) is 16.9 Å². The molecule has 1 aromatic heterocycles. The van der Waals surface area contributed by atoms with Crippen molar-refractivity contribution >= 4 is 0 Å². The van der Waals surface area contributed by atoms with Crippen LogP contribution in [0.2, 0.25) is 0 Å². The molecular weight excluding hydrogens is 264 g/mol. The largest absolute Gasteiger partial charge is 0.479 e. The molecule has 0 unspecified atom stereocenters. The Morgan fingerprint density at radius 3 is 2.16 bits per heavy atom. The van der Waals surface area contributed by atoms with E-state index in [2.05, 4.69) is 9.84 Å². The second kappa shape index (κ2) is 4.56. The molecule has 0 aliphatic rings. The molecule has 0 spiro atoms. The van der Waals surface area contributed by atoms with Gasteiger partial charge >= 0.3 is 6.18 Å². The fraction of sp³-hybridized carbons (Fsp3) is 0.250. The summed E-state index contributed by atoms with van der Waals surface area (Å²) < 4.78 is 57.1. The van der Waals surface area contributed by atoms with Crippen LogP contribution >= 0.6 is 0 Å². The summed E-state index contributed by atoms with van der Waals surface area (Å²) in [5, 5.41) is 3.49. The van der Waals surface area contributed by atoms with Gasteiger partial charge in [-0.3, -0.25) is 0 Å². The van der Waals surface area contributed by atoms with Gasteiger partial charge in [0, 0.05) is 0 Å². The molecule has 19 heavy (non-hydrogen) atoms. The number of aryl methyl sites for hydroxylation is 1. The standard InChI is InChI=1S/C12H10F4N2O/c1-7-3-5-8(6-4-7)18-10(13)9(12(14,15)16)11(17-18)19-2/h3-6H,1-2H3. The van der Waals surface area contributed by atoms with Crippen LogP contribution in [-0.2, 0) is 6.18 Å². The number of rotatable bonds is 2. The molecule has 0 bridgehead atoms. The number of nitrogens with zero attached hydrogens (tertiary/aromatic N) is 2. The van der Waals surface area contributed by atoms with Gasteiger partial charge in [0.25, 0.3) is 0 Å². The lowest BCUT2D eigenvalue weighted by Gasteiger charge is -2.05. The highest BCUT2D eigenvalue weighted by Gasteiger charge is 2.42. The van der Waals surface area contributed by atoms with E-state index in [1.165, 1.54) is 12.1 Å². The van der Waals surface area contributed by atoms with Crippen LogP contribution in [0.5, 0.6) is 5.88 Å². The average molecular weight is 274 g/mol. The van der Waals surface area contributed by atoms with Crippen LogP contribution in [0.1, 0.15) is 11.1 Å². The Labute approximate surface area is 106 Å². The molecule has 0 saturated heterocycles. The van der Waals surface area contributed by atoms with Gasteiger partial charge in [0.2, 0.25) is 11.8 Å². The van der Waals surface area contributed by atoms with Gasteiger partial charge < -0.3 is 4.74 Å². The van der Waals surface area contributed by atoms with Gasteiger partial charge in [0.1, 0.15) is 0 Å². The van der Waals surface area contributed by atoms with Gasteiger partial charge in [-0.15, -0.1) is 5.10 Å². The van der Waals surface area contributed by atoms with Gasteiger partial charge in [0.15, 0.2) is 5.56 Å². The minimum atomic E-state index is -4.86. The predicted molar refractivity (Wildman–Crippen MR) is 59.8 cm³/mol. The van der Waals surface area contributed by atoms with Gasteiger partial charge in [-0.2, -0.15) is 17.6 Å². The third-order valence-corrected chi connectivity index (χ3v) is 2.55. The minimum Gasteiger partial charge on any atom is -0.479 e. The minimum absolute atomic E-state index is 0.192. The Balaban J connectivity index is 2.60. The van der Waals surface area contributed by atoms with E-state index in [0.29, 0.717) is 4.68 Å². The summed E-state index contributed by atoms with van der Waals surface area (Å²) in [7, 11) is 1.01. The highest BCUT2D eigenvalue weighted by Crippen LogP contribution is 2.38. The maximum absolute atomic E-state index is 13.9. The second-order valence-corrected chi connectivity index (χ2v) is 3.92. The van der Waals surface area contributed by atoms with Crippen molar-refractivity contribution < 1.29 is 22.3 Å². The van der Waals surface area contributed by atoms with E-state index in [0.717, 1.165) is 12.7 Å². The quantitative estimate of drug-likeness (QED) is 0.785. The molecule has 2 aromatic rings. The normalized spacial score (nSPS) is 11.7. The maximum atomic E-state index is 13.9.